The van der Waals surface area contributed by atoms with Gasteiger partial charge in [0.1, 0.15) is 11.8 Å². The minimum Gasteiger partial charge on any atom is -0.496 e. The van der Waals surface area contributed by atoms with E-state index in [1.54, 1.807) is 26.0 Å². The average Bonchev–Trinajstić information content (AvgIpc) is 2.26. The molecule has 0 saturated heterocycles. The van der Waals surface area contributed by atoms with Gasteiger partial charge in [0, 0.05) is 12.7 Å². The Hall–Kier alpha value is -1.71. The van der Waals surface area contributed by atoms with Crippen LogP contribution in [0.1, 0.15) is 18.1 Å². The lowest BCUT2D eigenvalue weighted by Gasteiger charge is -2.25. The number of methoxy groups -OCH3 is 1. The third-order valence-electron chi connectivity index (χ3n) is 2.99. The first kappa shape index (κ1) is 13.4. The quantitative estimate of drug-likeness (QED) is 0.872. The second kappa shape index (κ2) is 5.08. The molecule has 0 fully saturated rings. The van der Waals surface area contributed by atoms with Gasteiger partial charge in [0.15, 0.2) is 0 Å². The van der Waals surface area contributed by atoms with Crippen LogP contribution in [0.2, 0.25) is 0 Å². The number of hydrogen-bond donors (Lipinski definition) is 1. The molecular weight excluding hydrogens is 218 g/mol. The third-order valence-corrected chi connectivity index (χ3v) is 2.99. The van der Waals surface area contributed by atoms with E-state index < -0.39 is 12.0 Å². The fourth-order valence-corrected chi connectivity index (χ4v) is 1.84. The zero-order chi connectivity index (χ0) is 13.2. The van der Waals surface area contributed by atoms with E-state index in [2.05, 4.69) is 0 Å². The van der Waals surface area contributed by atoms with Crippen LogP contribution in [-0.4, -0.2) is 31.3 Å². The van der Waals surface area contributed by atoms with E-state index in [1.165, 1.54) is 0 Å². The maximum atomic E-state index is 10.9. The number of hydrogen-bond acceptors (Lipinski definition) is 3. The van der Waals surface area contributed by atoms with Crippen molar-refractivity contribution >= 4 is 11.7 Å². The van der Waals surface area contributed by atoms with Crippen molar-refractivity contribution in [1.29, 1.82) is 0 Å². The molecule has 0 aliphatic heterocycles. The number of anilines is 1. The Kier molecular flexibility index (Phi) is 3.99. The predicted molar refractivity (Wildman–Crippen MR) is 68.0 cm³/mol. The molecule has 94 valence electrons. The first-order valence-electron chi connectivity index (χ1n) is 5.49. The number of carboxylic acids is 1. The summed E-state index contributed by atoms with van der Waals surface area (Å²) in [7, 11) is 3.41. The Morgan fingerprint density at radius 1 is 1.35 bits per heavy atom. The maximum absolute atomic E-state index is 10.9. The summed E-state index contributed by atoms with van der Waals surface area (Å²) in [4.78, 5) is 12.7. The summed E-state index contributed by atoms with van der Waals surface area (Å²) in [5.41, 5.74) is 2.90. The summed E-state index contributed by atoms with van der Waals surface area (Å²) in [5.74, 6) is 0.0174. The number of nitrogens with zero attached hydrogens (tertiary/aromatic N) is 1. The first-order valence-corrected chi connectivity index (χ1v) is 5.49. The highest BCUT2D eigenvalue weighted by Gasteiger charge is 2.18. The maximum Gasteiger partial charge on any atom is 0.326 e. The van der Waals surface area contributed by atoms with Gasteiger partial charge in [-0.1, -0.05) is 0 Å². The van der Waals surface area contributed by atoms with Crippen molar-refractivity contribution in [1.82, 2.24) is 0 Å². The van der Waals surface area contributed by atoms with Crippen molar-refractivity contribution in [3.63, 3.8) is 0 Å². The third kappa shape index (κ3) is 2.70. The van der Waals surface area contributed by atoms with E-state index in [-0.39, 0.29) is 0 Å². The van der Waals surface area contributed by atoms with Crippen LogP contribution in [0.5, 0.6) is 5.75 Å². The lowest BCUT2D eigenvalue weighted by molar-refractivity contribution is -0.138. The van der Waals surface area contributed by atoms with Crippen molar-refractivity contribution in [2.45, 2.75) is 26.8 Å². The van der Waals surface area contributed by atoms with Gasteiger partial charge in [-0.05, 0) is 44.0 Å². The molecule has 0 aliphatic carbocycles. The number of aryl methyl sites for hydroxylation is 2. The second-order valence-corrected chi connectivity index (χ2v) is 4.24. The predicted octanol–water partition coefficient (Wildman–Crippen LogP) is 2.22. The van der Waals surface area contributed by atoms with Crippen molar-refractivity contribution < 1.29 is 14.6 Å². The molecule has 1 aromatic rings. The Balaban J connectivity index is 3.12. The van der Waals surface area contributed by atoms with Gasteiger partial charge in [-0.2, -0.15) is 0 Å². The Morgan fingerprint density at radius 3 is 2.18 bits per heavy atom. The fraction of sp³-hybridized carbons (Fsp3) is 0.462. The highest BCUT2D eigenvalue weighted by atomic mass is 16.5. The molecule has 0 spiro atoms. The van der Waals surface area contributed by atoms with Gasteiger partial charge in [0.2, 0.25) is 0 Å². The highest BCUT2D eigenvalue weighted by molar-refractivity contribution is 5.77. The van der Waals surface area contributed by atoms with Gasteiger partial charge in [0.05, 0.1) is 7.11 Å². The number of carbonyl (C=O) groups is 1. The molecule has 4 nitrogen and oxygen atoms in total. The average molecular weight is 237 g/mol. The smallest absolute Gasteiger partial charge is 0.326 e. The van der Waals surface area contributed by atoms with E-state index in [4.69, 9.17) is 9.84 Å². The highest BCUT2D eigenvalue weighted by Crippen LogP contribution is 2.29. The number of carboxylic acid groups (broad SMARTS) is 1. The molecular formula is C13H19NO3. The van der Waals surface area contributed by atoms with Crippen LogP contribution in [0.3, 0.4) is 0 Å². The molecule has 1 unspecified atom stereocenters. The van der Waals surface area contributed by atoms with Gasteiger partial charge in [-0.25, -0.2) is 4.79 Å². The topological polar surface area (TPSA) is 49.8 Å². The van der Waals surface area contributed by atoms with E-state index in [9.17, 15) is 4.79 Å². The molecule has 1 atom stereocenters. The van der Waals surface area contributed by atoms with Crippen LogP contribution in [0, 0.1) is 13.8 Å². The van der Waals surface area contributed by atoms with Crippen LogP contribution < -0.4 is 9.64 Å². The molecule has 4 heteroatoms. The van der Waals surface area contributed by atoms with Gasteiger partial charge in [-0.15, -0.1) is 0 Å². The van der Waals surface area contributed by atoms with Crippen LogP contribution in [0.4, 0.5) is 5.69 Å². The second-order valence-electron chi connectivity index (χ2n) is 4.24. The van der Waals surface area contributed by atoms with E-state index in [0.29, 0.717) is 0 Å². The van der Waals surface area contributed by atoms with Crippen molar-refractivity contribution in [2.75, 3.05) is 19.1 Å². The molecule has 0 saturated carbocycles. The van der Waals surface area contributed by atoms with E-state index in [1.807, 2.05) is 26.0 Å². The van der Waals surface area contributed by atoms with Crippen LogP contribution in [0.15, 0.2) is 12.1 Å². The number of aliphatic carboxylic acids is 1. The lowest BCUT2D eigenvalue weighted by atomic mass is 10.1. The van der Waals surface area contributed by atoms with Crippen LogP contribution >= 0.6 is 0 Å². The SMILES string of the molecule is COc1c(C)cc(N(C)C(C)C(=O)O)cc1C. The molecule has 0 aliphatic rings. The Bertz CT molecular complexity index is 406. The standard InChI is InChI=1S/C13H19NO3/c1-8-6-11(7-9(2)12(8)17-5)14(4)10(3)13(15)16/h6-7,10H,1-5H3,(H,15,16). The number of rotatable bonds is 4. The molecule has 0 aromatic heterocycles. The zero-order valence-electron chi connectivity index (χ0n) is 10.9. The normalized spacial score (nSPS) is 12.1. The summed E-state index contributed by atoms with van der Waals surface area (Å²) in [6.45, 7) is 5.57. The lowest BCUT2D eigenvalue weighted by Crippen LogP contribution is -2.35. The van der Waals surface area contributed by atoms with Gasteiger partial charge >= 0.3 is 5.97 Å². The minimum absolute atomic E-state index is 0.554. The monoisotopic (exact) mass is 237 g/mol. The first-order chi connectivity index (χ1) is 7.88. The van der Waals surface area contributed by atoms with Crippen molar-refractivity contribution in [3.8, 4) is 5.75 Å². The number of likely N-dealkylation sites (N-methyl/N-ethyl adjacent to an activating group) is 1. The molecule has 0 radical (unpaired) electrons. The van der Waals surface area contributed by atoms with Gasteiger partial charge in [-0.3, -0.25) is 0 Å². The summed E-state index contributed by atoms with van der Waals surface area (Å²) < 4.78 is 5.28. The molecule has 1 rings (SSSR count). The summed E-state index contributed by atoms with van der Waals surface area (Å²) >= 11 is 0. The van der Waals surface area contributed by atoms with Crippen molar-refractivity contribution in [2.24, 2.45) is 0 Å². The summed E-state index contributed by atoms with van der Waals surface area (Å²) in [6, 6.07) is 3.32. The van der Waals surface area contributed by atoms with E-state index >= 15 is 0 Å². The Labute approximate surface area is 102 Å². The minimum atomic E-state index is -0.835. The summed E-state index contributed by atoms with van der Waals surface area (Å²) in [6.07, 6.45) is 0. The Morgan fingerprint density at radius 2 is 1.82 bits per heavy atom. The van der Waals surface area contributed by atoms with Crippen molar-refractivity contribution in [3.05, 3.63) is 23.3 Å². The molecule has 17 heavy (non-hydrogen) atoms. The summed E-state index contributed by atoms with van der Waals surface area (Å²) in [5, 5.41) is 8.99. The molecule has 1 N–H and O–H groups in total. The van der Waals surface area contributed by atoms with E-state index in [0.717, 1.165) is 22.6 Å². The van der Waals surface area contributed by atoms with Crippen LogP contribution in [0.25, 0.3) is 0 Å². The number of benzene rings is 1. The van der Waals surface area contributed by atoms with Gasteiger partial charge in [0.25, 0.3) is 0 Å². The number of ether oxygens (including phenoxy) is 1. The fourth-order valence-electron chi connectivity index (χ4n) is 1.84. The molecule has 1 aromatic carbocycles. The molecule has 0 heterocycles. The zero-order valence-corrected chi connectivity index (χ0v) is 10.9. The van der Waals surface area contributed by atoms with Gasteiger partial charge < -0.3 is 14.7 Å². The largest absolute Gasteiger partial charge is 0.496 e. The van der Waals surface area contributed by atoms with Crippen LogP contribution in [-0.2, 0) is 4.79 Å². The molecule has 0 amide bonds. The molecule has 0 bridgehead atoms.